The van der Waals surface area contributed by atoms with Gasteiger partial charge < -0.3 is 10.4 Å². The molecule has 2 rings (SSSR count). The van der Waals surface area contributed by atoms with Gasteiger partial charge in [-0.1, -0.05) is 0 Å². The molecule has 0 saturated carbocycles. The normalized spacial score (nSPS) is 20.1. The van der Waals surface area contributed by atoms with Gasteiger partial charge in [0.05, 0.1) is 4.92 Å². The standard InChI is InChI=1S/C10H12N4O6S/c15-10(16)8-6-11-3-4-13(8)21(19,20)9-2-1-7(5-12-9)14(17)18/h1-2,5,8,11H,3-4,6H2,(H,15,16). The first-order valence-electron chi connectivity index (χ1n) is 5.90. The third-order valence-electron chi connectivity index (χ3n) is 2.98. The van der Waals surface area contributed by atoms with Gasteiger partial charge in [-0.25, -0.2) is 13.4 Å². The van der Waals surface area contributed by atoms with E-state index in [-0.39, 0.29) is 18.8 Å². The van der Waals surface area contributed by atoms with E-state index in [0.29, 0.717) is 6.54 Å². The molecule has 0 bridgehead atoms. The second kappa shape index (κ2) is 5.71. The molecule has 0 spiro atoms. The Morgan fingerprint density at radius 1 is 1.52 bits per heavy atom. The number of carboxylic acid groups (broad SMARTS) is 1. The Morgan fingerprint density at radius 2 is 2.24 bits per heavy atom. The highest BCUT2D eigenvalue weighted by Crippen LogP contribution is 2.19. The van der Waals surface area contributed by atoms with Crippen LogP contribution in [0.4, 0.5) is 5.69 Å². The van der Waals surface area contributed by atoms with E-state index >= 15 is 0 Å². The molecule has 1 aliphatic rings. The molecule has 0 amide bonds. The summed E-state index contributed by atoms with van der Waals surface area (Å²) >= 11 is 0. The second-order valence-corrected chi connectivity index (χ2v) is 6.12. The number of rotatable bonds is 4. The number of piperazine rings is 1. The first-order chi connectivity index (χ1) is 9.84. The van der Waals surface area contributed by atoms with E-state index in [1.54, 1.807) is 0 Å². The first-order valence-corrected chi connectivity index (χ1v) is 7.34. The van der Waals surface area contributed by atoms with E-state index in [1.165, 1.54) is 0 Å². The highest BCUT2D eigenvalue weighted by atomic mass is 32.2. The first kappa shape index (κ1) is 15.3. The zero-order valence-electron chi connectivity index (χ0n) is 10.7. The molecular formula is C10H12N4O6S. The fraction of sp³-hybridized carbons (Fsp3) is 0.400. The molecule has 1 aromatic rings. The lowest BCUT2D eigenvalue weighted by atomic mass is 10.2. The van der Waals surface area contributed by atoms with Gasteiger partial charge in [0, 0.05) is 25.7 Å². The molecule has 1 unspecified atom stereocenters. The van der Waals surface area contributed by atoms with Crippen LogP contribution in [0.3, 0.4) is 0 Å². The van der Waals surface area contributed by atoms with Crippen LogP contribution in [0.5, 0.6) is 0 Å². The summed E-state index contributed by atoms with van der Waals surface area (Å²) in [6.07, 6.45) is 0.824. The molecule has 1 atom stereocenters. The molecule has 2 heterocycles. The number of carboxylic acids is 1. The minimum absolute atomic E-state index is 0.0124. The monoisotopic (exact) mass is 316 g/mol. The zero-order valence-corrected chi connectivity index (χ0v) is 11.5. The minimum Gasteiger partial charge on any atom is -0.480 e. The summed E-state index contributed by atoms with van der Waals surface area (Å²) in [5, 5.41) is 22.0. The van der Waals surface area contributed by atoms with Gasteiger partial charge in [-0.3, -0.25) is 14.9 Å². The van der Waals surface area contributed by atoms with E-state index in [2.05, 4.69) is 10.3 Å². The Hall–Kier alpha value is -2.11. The SMILES string of the molecule is O=C(O)C1CNCCN1S(=O)(=O)c1ccc([N+](=O)[O-])cn1. The van der Waals surface area contributed by atoms with E-state index < -0.39 is 32.0 Å². The predicted molar refractivity (Wildman–Crippen MR) is 69.1 cm³/mol. The van der Waals surface area contributed by atoms with Crippen LogP contribution in [-0.2, 0) is 14.8 Å². The Kier molecular flexibility index (Phi) is 4.16. The van der Waals surface area contributed by atoms with Gasteiger partial charge in [0.1, 0.15) is 12.2 Å². The number of hydrogen-bond acceptors (Lipinski definition) is 7. The molecular weight excluding hydrogens is 304 g/mol. The van der Waals surface area contributed by atoms with Crippen molar-refractivity contribution in [1.29, 1.82) is 0 Å². The third-order valence-corrected chi connectivity index (χ3v) is 4.81. The number of aliphatic carboxylic acids is 1. The average Bonchev–Trinajstić information content (AvgIpc) is 2.47. The van der Waals surface area contributed by atoms with Crippen molar-refractivity contribution in [2.45, 2.75) is 11.1 Å². The Labute approximate surface area is 119 Å². The van der Waals surface area contributed by atoms with Crippen LogP contribution in [-0.4, -0.2) is 59.4 Å². The Morgan fingerprint density at radius 3 is 2.76 bits per heavy atom. The van der Waals surface area contributed by atoms with Crippen LogP contribution in [0, 0.1) is 10.1 Å². The molecule has 1 saturated heterocycles. The number of carbonyl (C=O) groups is 1. The number of nitrogens with one attached hydrogen (secondary N) is 1. The number of sulfonamides is 1. The maximum atomic E-state index is 12.4. The lowest BCUT2D eigenvalue weighted by Gasteiger charge is -2.31. The van der Waals surface area contributed by atoms with E-state index in [9.17, 15) is 23.3 Å². The van der Waals surface area contributed by atoms with Crippen LogP contribution < -0.4 is 5.32 Å². The largest absolute Gasteiger partial charge is 0.480 e. The van der Waals surface area contributed by atoms with Crippen LogP contribution in [0.15, 0.2) is 23.4 Å². The molecule has 11 heteroatoms. The van der Waals surface area contributed by atoms with Crippen molar-refractivity contribution in [2.24, 2.45) is 0 Å². The van der Waals surface area contributed by atoms with Crippen LogP contribution in [0.2, 0.25) is 0 Å². The predicted octanol–water partition coefficient (Wildman–Crippen LogP) is -0.963. The van der Waals surface area contributed by atoms with Gasteiger partial charge in [-0.2, -0.15) is 4.31 Å². The van der Waals surface area contributed by atoms with Crippen molar-refractivity contribution in [3.63, 3.8) is 0 Å². The van der Waals surface area contributed by atoms with E-state index in [0.717, 1.165) is 22.6 Å². The van der Waals surface area contributed by atoms with Crippen LogP contribution in [0.25, 0.3) is 0 Å². The molecule has 0 radical (unpaired) electrons. The van der Waals surface area contributed by atoms with Gasteiger partial charge in [0.2, 0.25) is 0 Å². The highest BCUT2D eigenvalue weighted by molar-refractivity contribution is 7.89. The van der Waals surface area contributed by atoms with Crippen molar-refractivity contribution < 1.29 is 23.2 Å². The van der Waals surface area contributed by atoms with Crippen molar-refractivity contribution in [2.75, 3.05) is 19.6 Å². The number of pyridine rings is 1. The maximum absolute atomic E-state index is 12.4. The molecule has 10 nitrogen and oxygen atoms in total. The second-order valence-electron chi connectivity index (χ2n) is 4.29. The van der Waals surface area contributed by atoms with Gasteiger partial charge in [-0.15, -0.1) is 0 Å². The van der Waals surface area contributed by atoms with Crippen LogP contribution in [0.1, 0.15) is 0 Å². The van der Waals surface area contributed by atoms with Crippen LogP contribution >= 0.6 is 0 Å². The molecule has 1 fully saturated rings. The van der Waals surface area contributed by atoms with Crippen molar-refractivity contribution in [3.05, 3.63) is 28.4 Å². The van der Waals surface area contributed by atoms with Crippen molar-refractivity contribution in [3.8, 4) is 0 Å². The fourth-order valence-corrected chi connectivity index (χ4v) is 3.43. The number of nitro groups is 1. The smallest absolute Gasteiger partial charge is 0.323 e. The van der Waals surface area contributed by atoms with Gasteiger partial charge in [0.15, 0.2) is 5.03 Å². The number of nitrogens with zero attached hydrogens (tertiary/aromatic N) is 3. The summed E-state index contributed by atoms with van der Waals surface area (Å²) in [5.74, 6) is -1.27. The summed E-state index contributed by atoms with van der Waals surface area (Å²) in [7, 11) is -4.12. The molecule has 1 aliphatic heterocycles. The lowest BCUT2D eigenvalue weighted by Crippen LogP contribution is -2.56. The fourth-order valence-electron chi connectivity index (χ4n) is 1.94. The summed E-state index contributed by atoms with van der Waals surface area (Å²) in [6, 6.07) is 0.771. The average molecular weight is 316 g/mol. The number of aromatic nitrogens is 1. The molecule has 0 aliphatic carbocycles. The Balaban J connectivity index is 2.35. The van der Waals surface area contributed by atoms with E-state index in [1.807, 2.05) is 0 Å². The molecule has 1 aromatic heterocycles. The van der Waals surface area contributed by atoms with Gasteiger partial charge >= 0.3 is 5.97 Å². The highest BCUT2D eigenvalue weighted by Gasteiger charge is 2.38. The summed E-state index contributed by atoms with van der Waals surface area (Å²) < 4.78 is 25.6. The quantitative estimate of drug-likeness (QED) is 0.534. The van der Waals surface area contributed by atoms with Crippen molar-refractivity contribution in [1.82, 2.24) is 14.6 Å². The Bertz CT molecular complexity index is 659. The summed E-state index contributed by atoms with van der Waals surface area (Å²) in [6.45, 7) is 0.287. The zero-order chi connectivity index (χ0) is 15.6. The molecule has 21 heavy (non-hydrogen) atoms. The topological polar surface area (TPSA) is 143 Å². The maximum Gasteiger partial charge on any atom is 0.323 e. The van der Waals surface area contributed by atoms with Gasteiger partial charge in [-0.05, 0) is 6.07 Å². The summed E-state index contributed by atoms with van der Waals surface area (Å²) in [5.41, 5.74) is -0.343. The third kappa shape index (κ3) is 2.99. The summed E-state index contributed by atoms with van der Waals surface area (Å²) in [4.78, 5) is 24.5. The van der Waals surface area contributed by atoms with Gasteiger partial charge in [0.25, 0.3) is 15.7 Å². The minimum atomic E-state index is -4.12. The number of hydrogen-bond donors (Lipinski definition) is 2. The molecule has 2 N–H and O–H groups in total. The lowest BCUT2D eigenvalue weighted by molar-refractivity contribution is -0.385. The molecule has 0 aromatic carbocycles. The van der Waals surface area contributed by atoms with Crippen molar-refractivity contribution >= 4 is 21.7 Å². The molecule has 114 valence electrons. The van der Waals surface area contributed by atoms with E-state index in [4.69, 9.17) is 5.11 Å².